The molecule has 2 N–H and O–H groups in total. The summed E-state index contributed by atoms with van der Waals surface area (Å²) in [6, 6.07) is 12.4. The van der Waals surface area contributed by atoms with Gasteiger partial charge in [0.1, 0.15) is 6.04 Å². The number of nitrogens with one attached hydrogen (secondary N) is 1. The highest BCUT2D eigenvalue weighted by Gasteiger charge is 2.23. The zero-order valence-corrected chi connectivity index (χ0v) is 17.8. The van der Waals surface area contributed by atoms with Crippen LogP contribution in [0, 0.1) is 14.1 Å². The first-order valence-corrected chi connectivity index (χ1v) is 10.4. The Morgan fingerprint density at radius 1 is 1.29 bits per heavy atom. The maximum atomic E-state index is 12.7. The van der Waals surface area contributed by atoms with Gasteiger partial charge >= 0.3 is 0 Å². The number of nitro groups is 1. The number of nitrogens with zero attached hydrogens (tertiary/aromatic N) is 3. The van der Waals surface area contributed by atoms with Crippen LogP contribution in [0.15, 0.2) is 53.5 Å². The summed E-state index contributed by atoms with van der Waals surface area (Å²) in [4.78, 5) is 27.8. The summed E-state index contributed by atoms with van der Waals surface area (Å²) >= 11 is 6.58. The molecule has 2 aromatic carbocycles. The molecular formula is C21H16N4O4S2. The second-order valence-corrected chi connectivity index (χ2v) is 8.45. The van der Waals surface area contributed by atoms with Crippen molar-refractivity contribution < 1.29 is 14.8 Å². The zero-order valence-electron chi connectivity index (χ0n) is 16.2. The van der Waals surface area contributed by atoms with Gasteiger partial charge in [0.2, 0.25) is 11.8 Å². The van der Waals surface area contributed by atoms with Gasteiger partial charge in [-0.15, -0.1) is 11.3 Å². The van der Waals surface area contributed by atoms with Crippen molar-refractivity contribution in [3.63, 3.8) is 0 Å². The largest absolute Gasteiger partial charge is 0.493 e. The van der Waals surface area contributed by atoms with Crippen molar-refractivity contribution in [2.45, 2.75) is 13.0 Å². The molecule has 1 aliphatic heterocycles. The molecule has 1 aromatic heterocycles. The second-order valence-electron chi connectivity index (χ2n) is 6.77. The van der Waals surface area contributed by atoms with E-state index in [2.05, 4.69) is 10.3 Å². The van der Waals surface area contributed by atoms with Crippen LogP contribution in [0.3, 0.4) is 0 Å². The molecule has 1 amide bonds. The molecular weight excluding hydrogens is 436 g/mol. The van der Waals surface area contributed by atoms with Crippen LogP contribution >= 0.6 is 23.6 Å². The van der Waals surface area contributed by atoms with E-state index < -0.39 is 16.9 Å². The van der Waals surface area contributed by atoms with Crippen LogP contribution in [-0.4, -0.2) is 26.7 Å². The molecule has 4 rings (SSSR count). The van der Waals surface area contributed by atoms with Crippen LogP contribution < -0.4 is 5.32 Å². The molecule has 0 bridgehead atoms. The predicted octanol–water partition coefficient (Wildman–Crippen LogP) is 5.35. The summed E-state index contributed by atoms with van der Waals surface area (Å²) in [7, 11) is 0. The molecule has 2 heterocycles. The van der Waals surface area contributed by atoms with Gasteiger partial charge in [-0.3, -0.25) is 24.5 Å². The Balaban J connectivity index is 1.58. The molecule has 0 aliphatic carbocycles. The van der Waals surface area contributed by atoms with E-state index in [1.807, 2.05) is 24.3 Å². The molecule has 0 fully saturated rings. The number of amides is 1. The molecule has 1 unspecified atom stereocenters. The minimum absolute atomic E-state index is 0.0709. The fourth-order valence-electron chi connectivity index (χ4n) is 3.16. The first-order chi connectivity index (χ1) is 14.8. The number of anilines is 1. The number of aliphatic imine (C=N–C) groups is 1. The third-order valence-electron chi connectivity index (χ3n) is 4.80. The summed E-state index contributed by atoms with van der Waals surface area (Å²) in [5.74, 6) is -0.517. The monoisotopic (exact) mass is 452 g/mol. The Bertz CT molecular complexity index is 1310. The zero-order chi connectivity index (χ0) is 22.1. The number of aromatic hydroxyl groups is 1. The Labute approximate surface area is 186 Å². The first kappa shape index (κ1) is 20.6. The quantitative estimate of drug-likeness (QED) is 0.308. The Morgan fingerprint density at radius 3 is 2.71 bits per heavy atom. The molecule has 10 heteroatoms. The van der Waals surface area contributed by atoms with Crippen molar-refractivity contribution in [2.75, 3.05) is 5.32 Å². The molecule has 3 aromatic rings. The van der Waals surface area contributed by atoms with E-state index in [9.17, 15) is 20.0 Å². The second kappa shape index (κ2) is 8.25. The number of benzene rings is 2. The summed E-state index contributed by atoms with van der Waals surface area (Å²) in [6.07, 6.45) is 3.52. The number of allylic oxidation sites excluding steroid dienone is 1. The molecule has 0 radical (unpaired) electrons. The van der Waals surface area contributed by atoms with Crippen LogP contribution in [-0.2, 0) is 4.79 Å². The standard InChI is InChI=1S/C21H16N4O4S2/c1-12(19(26)23-14-6-8-15(9-7-14)25(28)29)24-20(27)18(31-21(24)30)10-13-11-22-17-5-3-2-4-16(13)17/h2-12,27H,1H3,(H,23,26)/b13-10-. The number of thiazole rings is 1. The van der Waals surface area contributed by atoms with E-state index in [1.165, 1.54) is 40.2 Å². The SMILES string of the molecule is CC(C(=O)Nc1ccc([N+](=O)[O-])cc1)n1c(O)c(/C=C2/C=Nc3ccccc32)sc1=S. The smallest absolute Gasteiger partial charge is 0.269 e. The van der Waals surface area contributed by atoms with Crippen LogP contribution in [0.5, 0.6) is 5.88 Å². The lowest BCUT2D eigenvalue weighted by atomic mass is 10.1. The normalized spacial score (nSPS) is 14.4. The molecule has 31 heavy (non-hydrogen) atoms. The van der Waals surface area contributed by atoms with Gasteiger partial charge in [0.25, 0.3) is 5.69 Å². The van der Waals surface area contributed by atoms with E-state index in [-0.39, 0.29) is 11.6 Å². The van der Waals surface area contributed by atoms with Crippen molar-refractivity contribution in [2.24, 2.45) is 4.99 Å². The molecule has 0 spiro atoms. The van der Waals surface area contributed by atoms with Crippen LogP contribution in [0.4, 0.5) is 17.1 Å². The average Bonchev–Trinajstić information content (AvgIpc) is 3.28. The number of para-hydroxylation sites is 1. The number of rotatable bonds is 5. The van der Waals surface area contributed by atoms with Gasteiger partial charge in [0.05, 0.1) is 15.5 Å². The highest BCUT2D eigenvalue weighted by Crippen LogP contribution is 2.37. The van der Waals surface area contributed by atoms with Gasteiger partial charge in [0.15, 0.2) is 3.95 Å². The fraction of sp³-hybridized carbons (Fsp3) is 0.0952. The number of nitro benzene ring substituents is 1. The molecule has 0 saturated heterocycles. The number of hydrogen-bond donors (Lipinski definition) is 2. The Morgan fingerprint density at radius 2 is 2.00 bits per heavy atom. The van der Waals surface area contributed by atoms with E-state index in [4.69, 9.17) is 12.2 Å². The van der Waals surface area contributed by atoms with Gasteiger partial charge in [-0.1, -0.05) is 18.2 Å². The van der Waals surface area contributed by atoms with Crippen molar-refractivity contribution in [3.05, 3.63) is 73.0 Å². The number of non-ortho nitro benzene ring substituents is 1. The summed E-state index contributed by atoms with van der Waals surface area (Å²) < 4.78 is 1.73. The van der Waals surface area contributed by atoms with Gasteiger partial charge in [-0.25, -0.2) is 0 Å². The Hall–Kier alpha value is -3.63. The minimum atomic E-state index is -0.796. The van der Waals surface area contributed by atoms with Crippen LogP contribution in [0.2, 0.25) is 0 Å². The minimum Gasteiger partial charge on any atom is -0.493 e. The van der Waals surface area contributed by atoms with E-state index in [0.29, 0.717) is 14.5 Å². The van der Waals surface area contributed by atoms with E-state index in [1.54, 1.807) is 19.2 Å². The maximum Gasteiger partial charge on any atom is 0.269 e. The van der Waals surface area contributed by atoms with Gasteiger partial charge in [-0.2, -0.15) is 0 Å². The number of carbonyl (C=O) groups is 1. The number of fused-ring (bicyclic) bond motifs is 1. The van der Waals surface area contributed by atoms with E-state index in [0.717, 1.165) is 16.8 Å². The fourth-order valence-corrected chi connectivity index (χ4v) is 4.58. The van der Waals surface area contributed by atoms with Gasteiger partial charge in [0, 0.05) is 35.2 Å². The number of carbonyl (C=O) groups excluding carboxylic acids is 1. The van der Waals surface area contributed by atoms with Gasteiger partial charge < -0.3 is 10.4 Å². The molecule has 1 aliphatic rings. The lowest BCUT2D eigenvalue weighted by Gasteiger charge is -2.14. The highest BCUT2D eigenvalue weighted by atomic mass is 32.1. The molecule has 156 valence electrons. The molecule has 1 atom stereocenters. The summed E-state index contributed by atoms with van der Waals surface area (Å²) in [6.45, 7) is 1.62. The van der Waals surface area contributed by atoms with Crippen molar-refractivity contribution in [3.8, 4) is 5.88 Å². The first-order valence-electron chi connectivity index (χ1n) is 9.20. The number of aromatic nitrogens is 1. The predicted molar refractivity (Wildman–Crippen MR) is 124 cm³/mol. The maximum absolute atomic E-state index is 12.7. The molecule has 8 nitrogen and oxygen atoms in total. The third kappa shape index (κ3) is 4.03. The highest BCUT2D eigenvalue weighted by molar-refractivity contribution is 7.73. The summed E-state index contributed by atoms with van der Waals surface area (Å²) in [5, 5.41) is 24.2. The average molecular weight is 453 g/mol. The molecule has 0 saturated carbocycles. The van der Waals surface area contributed by atoms with Crippen LogP contribution in [0.1, 0.15) is 23.4 Å². The third-order valence-corrected chi connectivity index (χ3v) is 6.14. The number of hydrogen-bond acceptors (Lipinski definition) is 7. The topological polar surface area (TPSA) is 110 Å². The van der Waals surface area contributed by atoms with Gasteiger partial charge in [-0.05, 0) is 43.4 Å². The lowest BCUT2D eigenvalue weighted by molar-refractivity contribution is -0.384. The summed E-state index contributed by atoms with van der Waals surface area (Å²) in [5.41, 5.74) is 2.99. The lowest BCUT2D eigenvalue weighted by Crippen LogP contribution is -2.23. The van der Waals surface area contributed by atoms with E-state index >= 15 is 0 Å². The van der Waals surface area contributed by atoms with Crippen LogP contribution in [0.25, 0.3) is 11.6 Å². The van der Waals surface area contributed by atoms with Crippen molar-refractivity contribution in [1.82, 2.24) is 4.57 Å². The van der Waals surface area contributed by atoms with Crippen molar-refractivity contribution >= 4 is 64.4 Å². The Kier molecular flexibility index (Phi) is 5.49. The van der Waals surface area contributed by atoms with Crippen molar-refractivity contribution in [1.29, 1.82) is 0 Å².